The number of hydrogen-bond acceptors (Lipinski definition) is 3. The monoisotopic (exact) mass is 327 g/mol. The van der Waals surface area contributed by atoms with E-state index in [1.807, 2.05) is 30.3 Å². The second kappa shape index (κ2) is 6.20. The number of hydrogen-bond donors (Lipinski definition) is 2. The highest BCUT2D eigenvalue weighted by Gasteiger charge is 2.50. The van der Waals surface area contributed by atoms with Crippen LogP contribution in [0.1, 0.15) is 32.1 Å². The van der Waals surface area contributed by atoms with Crippen LogP contribution in [0.2, 0.25) is 0 Å². The van der Waals surface area contributed by atoms with Crippen LogP contribution in [0.5, 0.6) is 0 Å². The summed E-state index contributed by atoms with van der Waals surface area (Å²) < 4.78 is 0. The van der Waals surface area contributed by atoms with Gasteiger partial charge in [0.1, 0.15) is 0 Å². The van der Waals surface area contributed by atoms with E-state index in [9.17, 15) is 9.59 Å². The molecule has 1 saturated carbocycles. The molecule has 4 rings (SSSR count). The third kappa shape index (κ3) is 2.61. The van der Waals surface area contributed by atoms with E-state index in [0.29, 0.717) is 18.9 Å². The van der Waals surface area contributed by atoms with Crippen LogP contribution in [0.3, 0.4) is 0 Å². The second-order valence-electron chi connectivity index (χ2n) is 7.44. The fourth-order valence-corrected chi connectivity index (χ4v) is 4.68. The van der Waals surface area contributed by atoms with Crippen LogP contribution in [0, 0.1) is 11.3 Å². The van der Waals surface area contributed by atoms with Crippen LogP contribution in [0.15, 0.2) is 30.3 Å². The molecule has 1 aliphatic carbocycles. The number of amides is 2. The third-order valence-corrected chi connectivity index (χ3v) is 6.02. The third-order valence-electron chi connectivity index (χ3n) is 6.02. The molecular formula is C19H25N3O2. The largest absolute Gasteiger partial charge is 0.351 e. The van der Waals surface area contributed by atoms with Gasteiger partial charge >= 0.3 is 0 Å². The fraction of sp³-hybridized carbons (Fsp3) is 0.579. The van der Waals surface area contributed by atoms with E-state index in [0.717, 1.165) is 38.0 Å². The van der Waals surface area contributed by atoms with Crippen LogP contribution in [-0.4, -0.2) is 37.5 Å². The Kier molecular flexibility index (Phi) is 4.04. The van der Waals surface area contributed by atoms with Crippen molar-refractivity contribution in [2.45, 2.75) is 38.1 Å². The molecule has 3 atom stereocenters. The number of benzene rings is 1. The Morgan fingerprint density at radius 1 is 1.25 bits per heavy atom. The minimum Gasteiger partial charge on any atom is -0.351 e. The molecule has 3 fully saturated rings. The maximum absolute atomic E-state index is 13.0. The zero-order chi connectivity index (χ0) is 16.6. The number of carbonyl (C=O) groups excluding carboxylic acids is 2. The maximum atomic E-state index is 13.0. The van der Waals surface area contributed by atoms with Crippen molar-refractivity contribution < 1.29 is 9.59 Å². The molecule has 1 unspecified atom stereocenters. The molecule has 0 radical (unpaired) electrons. The lowest BCUT2D eigenvalue weighted by Crippen LogP contribution is -2.51. The molecule has 5 heteroatoms. The van der Waals surface area contributed by atoms with Crippen molar-refractivity contribution in [3.63, 3.8) is 0 Å². The van der Waals surface area contributed by atoms with Crippen molar-refractivity contribution in [2.75, 3.05) is 24.5 Å². The Balaban J connectivity index is 1.44. The predicted molar refractivity (Wildman–Crippen MR) is 92.6 cm³/mol. The molecular weight excluding hydrogens is 302 g/mol. The lowest BCUT2D eigenvalue weighted by atomic mass is 9.67. The molecule has 2 amide bonds. The first kappa shape index (κ1) is 15.6. The van der Waals surface area contributed by atoms with Gasteiger partial charge in [-0.25, -0.2) is 0 Å². The first-order valence-corrected chi connectivity index (χ1v) is 9.06. The topological polar surface area (TPSA) is 61.4 Å². The summed E-state index contributed by atoms with van der Waals surface area (Å²) in [5, 5.41) is 6.62. The second-order valence-corrected chi connectivity index (χ2v) is 7.44. The van der Waals surface area contributed by atoms with Gasteiger partial charge in [-0.3, -0.25) is 9.59 Å². The average molecular weight is 327 g/mol. The van der Waals surface area contributed by atoms with E-state index < -0.39 is 0 Å². The van der Waals surface area contributed by atoms with Crippen molar-refractivity contribution in [3.8, 4) is 0 Å². The first-order chi connectivity index (χ1) is 11.7. The van der Waals surface area contributed by atoms with E-state index in [-0.39, 0.29) is 23.3 Å². The van der Waals surface area contributed by atoms with E-state index in [1.165, 1.54) is 6.42 Å². The summed E-state index contributed by atoms with van der Waals surface area (Å²) in [6, 6.07) is 9.62. The van der Waals surface area contributed by atoms with Gasteiger partial charge in [0, 0.05) is 25.2 Å². The maximum Gasteiger partial charge on any atom is 0.229 e. The normalized spacial score (nSPS) is 32.7. The average Bonchev–Trinajstić information content (AvgIpc) is 3.20. The Bertz CT molecular complexity index is 633. The quantitative estimate of drug-likeness (QED) is 0.888. The van der Waals surface area contributed by atoms with E-state index in [4.69, 9.17) is 0 Å². The SMILES string of the molecule is O=C1CC(NC(=O)[C@@]23CCCC[C@H]2CNC3)CN1c1ccccc1. The summed E-state index contributed by atoms with van der Waals surface area (Å²) in [4.78, 5) is 27.1. The van der Waals surface area contributed by atoms with Crippen molar-refractivity contribution in [2.24, 2.45) is 11.3 Å². The van der Waals surface area contributed by atoms with Gasteiger partial charge in [0.25, 0.3) is 0 Å². The molecule has 3 aliphatic rings. The molecule has 24 heavy (non-hydrogen) atoms. The molecule has 0 bridgehead atoms. The lowest BCUT2D eigenvalue weighted by molar-refractivity contribution is -0.134. The molecule has 1 aromatic rings. The summed E-state index contributed by atoms with van der Waals surface area (Å²) in [6.07, 6.45) is 4.87. The van der Waals surface area contributed by atoms with E-state index >= 15 is 0 Å². The Labute approximate surface area is 142 Å². The molecule has 2 heterocycles. The smallest absolute Gasteiger partial charge is 0.229 e. The Morgan fingerprint density at radius 2 is 2.08 bits per heavy atom. The number of anilines is 1. The minimum atomic E-state index is -0.249. The summed E-state index contributed by atoms with van der Waals surface area (Å²) >= 11 is 0. The summed E-state index contributed by atoms with van der Waals surface area (Å²) in [6.45, 7) is 2.31. The molecule has 0 spiro atoms. The Hall–Kier alpha value is -1.88. The van der Waals surface area contributed by atoms with E-state index in [1.54, 1.807) is 4.90 Å². The van der Waals surface area contributed by atoms with Crippen LogP contribution in [0.4, 0.5) is 5.69 Å². The zero-order valence-corrected chi connectivity index (χ0v) is 14.0. The van der Waals surface area contributed by atoms with Crippen LogP contribution in [-0.2, 0) is 9.59 Å². The minimum absolute atomic E-state index is 0.0808. The highest BCUT2D eigenvalue weighted by Crippen LogP contribution is 2.44. The molecule has 2 saturated heterocycles. The van der Waals surface area contributed by atoms with Crippen molar-refractivity contribution >= 4 is 17.5 Å². The molecule has 2 N–H and O–H groups in total. The van der Waals surface area contributed by atoms with Gasteiger partial charge in [-0.15, -0.1) is 0 Å². The highest BCUT2D eigenvalue weighted by atomic mass is 16.2. The molecule has 5 nitrogen and oxygen atoms in total. The highest BCUT2D eigenvalue weighted by molar-refractivity contribution is 5.97. The number of nitrogens with one attached hydrogen (secondary N) is 2. The number of para-hydroxylation sites is 1. The van der Waals surface area contributed by atoms with Gasteiger partial charge < -0.3 is 15.5 Å². The fourth-order valence-electron chi connectivity index (χ4n) is 4.68. The van der Waals surface area contributed by atoms with Crippen LogP contribution < -0.4 is 15.5 Å². The molecule has 2 aliphatic heterocycles. The van der Waals surface area contributed by atoms with Gasteiger partial charge in [0.05, 0.1) is 11.5 Å². The Morgan fingerprint density at radius 3 is 2.92 bits per heavy atom. The van der Waals surface area contributed by atoms with Crippen molar-refractivity contribution in [3.05, 3.63) is 30.3 Å². The summed E-state index contributed by atoms with van der Waals surface area (Å²) in [5.41, 5.74) is 0.664. The predicted octanol–water partition coefficient (Wildman–Crippen LogP) is 1.69. The molecule has 128 valence electrons. The van der Waals surface area contributed by atoms with Gasteiger partial charge in [0.2, 0.25) is 11.8 Å². The van der Waals surface area contributed by atoms with Gasteiger partial charge in [-0.1, -0.05) is 31.0 Å². The van der Waals surface area contributed by atoms with Gasteiger partial charge in [0.15, 0.2) is 0 Å². The van der Waals surface area contributed by atoms with Crippen molar-refractivity contribution in [1.29, 1.82) is 0 Å². The van der Waals surface area contributed by atoms with Crippen LogP contribution in [0.25, 0.3) is 0 Å². The van der Waals surface area contributed by atoms with Gasteiger partial charge in [-0.2, -0.15) is 0 Å². The van der Waals surface area contributed by atoms with Crippen LogP contribution >= 0.6 is 0 Å². The number of nitrogens with zero attached hydrogens (tertiary/aromatic N) is 1. The van der Waals surface area contributed by atoms with Crippen molar-refractivity contribution in [1.82, 2.24) is 10.6 Å². The summed E-state index contributed by atoms with van der Waals surface area (Å²) in [7, 11) is 0. The van der Waals surface area contributed by atoms with E-state index in [2.05, 4.69) is 10.6 Å². The number of carbonyl (C=O) groups is 2. The number of rotatable bonds is 3. The zero-order valence-electron chi connectivity index (χ0n) is 14.0. The molecule has 1 aromatic carbocycles. The molecule has 0 aromatic heterocycles. The first-order valence-electron chi connectivity index (χ1n) is 9.06. The standard InChI is InChI=1S/C19H25N3O2/c23-17-10-15(12-22(17)16-7-2-1-3-8-16)21-18(24)19-9-5-4-6-14(19)11-20-13-19/h1-3,7-8,14-15,20H,4-6,9-13H2,(H,21,24)/t14-,15?,19+/m0/s1. The number of fused-ring (bicyclic) bond motifs is 1. The van der Waals surface area contributed by atoms with Gasteiger partial charge in [-0.05, 0) is 37.4 Å². The lowest BCUT2D eigenvalue weighted by Gasteiger charge is -2.37. The summed E-state index contributed by atoms with van der Waals surface area (Å²) in [5.74, 6) is 0.701.